The van der Waals surface area contributed by atoms with Gasteiger partial charge in [0.15, 0.2) is 0 Å². The highest BCUT2D eigenvalue weighted by Gasteiger charge is 2.20. The van der Waals surface area contributed by atoms with Crippen LogP contribution in [0.2, 0.25) is 0 Å². The van der Waals surface area contributed by atoms with Gasteiger partial charge in [-0.15, -0.1) is 0 Å². The molecule has 0 aromatic carbocycles. The van der Waals surface area contributed by atoms with Crippen molar-refractivity contribution in [1.29, 1.82) is 0 Å². The molecule has 2 rings (SSSR count). The van der Waals surface area contributed by atoms with Gasteiger partial charge in [0.2, 0.25) is 0 Å². The molecule has 0 aliphatic heterocycles. The first-order chi connectivity index (χ1) is 6.74. The van der Waals surface area contributed by atoms with Crippen LogP contribution in [0.5, 0.6) is 0 Å². The first-order valence-corrected chi connectivity index (χ1v) is 6.02. The molecule has 0 saturated heterocycles. The van der Waals surface area contributed by atoms with E-state index in [2.05, 4.69) is 17.2 Å². The van der Waals surface area contributed by atoms with Gasteiger partial charge in [-0.2, -0.15) is 0 Å². The Morgan fingerprint density at radius 2 is 2.50 bits per heavy atom. The van der Waals surface area contributed by atoms with E-state index in [4.69, 9.17) is 0 Å². The molecular weight excluding hydrogens is 196 g/mol. The zero-order valence-electron chi connectivity index (χ0n) is 8.38. The Kier molecular flexibility index (Phi) is 3.03. The van der Waals surface area contributed by atoms with E-state index in [1.54, 1.807) is 0 Å². The van der Waals surface area contributed by atoms with Gasteiger partial charge in [-0.05, 0) is 25.2 Å². The Bertz CT molecular complexity index is 344. The summed E-state index contributed by atoms with van der Waals surface area (Å²) in [6.45, 7) is 3.10. The lowest BCUT2D eigenvalue weighted by Gasteiger charge is -2.10. The van der Waals surface area contributed by atoms with Crippen molar-refractivity contribution in [3.63, 3.8) is 0 Å². The zero-order chi connectivity index (χ0) is 9.97. The molecule has 1 fully saturated rings. The second-order valence-corrected chi connectivity index (χ2v) is 5.01. The van der Waals surface area contributed by atoms with Crippen molar-refractivity contribution in [1.82, 2.24) is 10.3 Å². The third-order valence-corrected chi connectivity index (χ3v) is 3.57. The van der Waals surface area contributed by atoms with Gasteiger partial charge in [0.25, 0.3) is 0 Å². The van der Waals surface area contributed by atoms with Crippen molar-refractivity contribution in [3.05, 3.63) is 20.7 Å². The number of H-pyrrole nitrogens is 1. The lowest BCUT2D eigenvalue weighted by Crippen LogP contribution is -2.26. The molecular formula is C10H16N2OS. The van der Waals surface area contributed by atoms with Crippen LogP contribution in [-0.4, -0.2) is 11.0 Å². The third-order valence-electron chi connectivity index (χ3n) is 2.85. The van der Waals surface area contributed by atoms with E-state index in [-0.39, 0.29) is 4.87 Å². The van der Waals surface area contributed by atoms with Gasteiger partial charge in [0.1, 0.15) is 0 Å². The number of rotatable bonds is 3. The van der Waals surface area contributed by atoms with Crippen molar-refractivity contribution >= 4 is 11.3 Å². The number of thiazole rings is 1. The molecule has 4 heteroatoms. The normalized spacial score (nSPS) is 26.9. The smallest absolute Gasteiger partial charge is 0.304 e. The summed E-state index contributed by atoms with van der Waals surface area (Å²) >= 11 is 1.24. The second-order valence-electron chi connectivity index (χ2n) is 4.17. The van der Waals surface area contributed by atoms with E-state index in [0.717, 1.165) is 18.2 Å². The lowest BCUT2D eigenvalue weighted by atomic mass is 10.1. The van der Waals surface area contributed by atoms with E-state index < -0.39 is 0 Å². The fraction of sp³-hybridized carbons (Fsp3) is 0.700. The van der Waals surface area contributed by atoms with Crippen LogP contribution < -0.4 is 10.2 Å². The Morgan fingerprint density at radius 3 is 3.07 bits per heavy atom. The zero-order valence-corrected chi connectivity index (χ0v) is 9.19. The van der Waals surface area contributed by atoms with Gasteiger partial charge in [-0.25, -0.2) is 0 Å². The molecule has 3 nitrogen and oxygen atoms in total. The van der Waals surface area contributed by atoms with E-state index in [0.29, 0.717) is 6.04 Å². The Morgan fingerprint density at radius 1 is 1.64 bits per heavy atom. The molecule has 1 saturated carbocycles. The molecule has 0 spiro atoms. The van der Waals surface area contributed by atoms with Crippen LogP contribution in [-0.2, 0) is 6.54 Å². The predicted molar refractivity (Wildman–Crippen MR) is 58.6 cm³/mol. The molecule has 0 radical (unpaired) electrons. The molecule has 14 heavy (non-hydrogen) atoms. The minimum absolute atomic E-state index is 0.0431. The highest BCUT2D eigenvalue weighted by atomic mass is 32.1. The summed E-state index contributed by atoms with van der Waals surface area (Å²) in [6.07, 6.45) is 3.88. The number of hydrogen-bond donors (Lipinski definition) is 2. The fourth-order valence-corrected chi connectivity index (χ4v) is 2.63. The number of aromatic nitrogens is 1. The number of aromatic amines is 1. The SMILES string of the molecule is CC1CCC(NCc2csc(=O)[nH]2)C1. The summed E-state index contributed by atoms with van der Waals surface area (Å²) in [7, 11) is 0. The van der Waals surface area contributed by atoms with Crippen molar-refractivity contribution in [2.45, 2.75) is 38.8 Å². The molecule has 1 aromatic heterocycles. The minimum atomic E-state index is 0.0431. The summed E-state index contributed by atoms with van der Waals surface area (Å²) in [5.41, 5.74) is 1.01. The summed E-state index contributed by atoms with van der Waals surface area (Å²) < 4.78 is 0. The van der Waals surface area contributed by atoms with Crippen LogP contribution in [0.25, 0.3) is 0 Å². The molecule has 1 aromatic rings. The topological polar surface area (TPSA) is 44.9 Å². The van der Waals surface area contributed by atoms with Gasteiger partial charge in [-0.1, -0.05) is 18.3 Å². The van der Waals surface area contributed by atoms with Gasteiger partial charge < -0.3 is 10.3 Å². The summed E-state index contributed by atoms with van der Waals surface area (Å²) in [5.74, 6) is 0.856. The molecule has 0 amide bonds. The van der Waals surface area contributed by atoms with Crippen molar-refractivity contribution in [2.24, 2.45) is 5.92 Å². The Labute approximate surface area is 87.6 Å². The van der Waals surface area contributed by atoms with Crippen LogP contribution in [0.15, 0.2) is 10.2 Å². The third kappa shape index (κ3) is 2.45. The van der Waals surface area contributed by atoms with E-state index >= 15 is 0 Å². The van der Waals surface area contributed by atoms with Gasteiger partial charge >= 0.3 is 4.87 Å². The predicted octanol–water partition coefficient (Wildman–Crippen LogP) is 1.71. The molecule has 78 valence electrons. The maximum absolute atomic E-state index is 10.9. The van der Waals surface area contributed by atoms with E-state index in [1.807, 2.05) is 5.38 Å². The van der Waals surface area contributed by atoms with Crippen LogP contribution in [0, 0.1) is 5.92 Å². The van der Waals surface area contributed by atoms with Gasteiger partial charge in [0.05, 0.1) is 0 Å². The summed E-state index contributed by atoms with van der Waals surface area (Å²) in [5, 5.41) is 5.37. The molecule has 2 atom stereocenters. The largest absolute Gasteiger partial charge is 0.315 e. The molecule has 1 heterocycles. The highest BCUT2D eigenvalue weighted by molar-refractivity contribution is 7.07. The monoisotopic (exact) mass is 212 g/mol. The van der Waals surface area contributed by atoms with E-state index in [1.165, 1.54) is 30.6 Å². The quantitative estimate of drug-likeness (QED) is 0.801. The Balaban J connectivity index is 1.80. The maximum atomic E-state index is 10.9. The van der Waals surface area contributed by atoms with Gasteiger partial charge in [0, 0.05) is 23.7 Å². The molecule has 2 N–H and O–H groups in total. The first-order valence-electron chi connectivity index (χ1n) is 5.14. The maximum Gasteiger partial charge on any atom is 0.304 e. The van der Waals surface area contributed by atoms with Crippen LogP contribution >= 0.6 is 11.3 Å². The number of hydrogen-bond acceptors (Lipinski definition) is 3. The van der Waals surface area contributed by atoms with Crippen molar-refractivity contribution in [3.8, 4) is 0 Å². The van der Waals surface area contributed by atoms with Crippen LogP contribution in [0.3, 0.4) is 0 Å². The van der Waals surface area contributed by atoms with Crippen LogP contribution in [0.1, 0.15) is 31.9 Å². The fourth-order valence-electron chi connectivity index (χ4n) is 2.05. The minimum Gasteiger partial charge on any atom is -0.315 e. The molecule has 1 aliphatic rings. The first kappa shape index (κ1) is 9.93. The average molecular weight is 212 g/mol. The lowest BCUT2D eigenvalue weighted by molar-refractivity contribution is 0.499. The molecule has 1 aliphatic carbocycles. The Hall–Kier alpha value is -0.610. The average Bonchev–Trinajstić information content (AvgIpc) is 2.72. The standard InChI is InChI=1S/C10H16N2OS/c1-7-2-3-8(4-7)11-5-9-6-14-10(13)12-9/h6-8,11H,2-5H2,1H3,(H,12,13). The summed E-state index contributed by atoms with van der Waals surface area (Å²) in [6, 6.07) is 0.647. The van der Waals surface area contributed by atoms with Gasteiger partial charge in [-0.3, -0.25) is 4.79 Å². The molecule has 0 bridgehead atoms. The number of nitrogens with one attached hydrogen (secondary N) is 2. The highest BCUT2D eigenvalue weighted by Crippen LogP contribution is 2.24. The van der Waals surface area contributed by atoms with Crippen LogP contribution in [0.4, 0.5) is 0 Å². The van der Waals surface area contributed by atoms with Crippen molar-refractivity contribution in [2.75, 3.05) is 0 Å². The van der Waals surface area contributed by atoms with E-state index in [9.17, 15) is 4.79 Å². The second kappa shape index (κ2) is 4.28. The summed E-state index contributed by atoms with van der Waals surface area (Å²) in [4.78, 5) is 13.7. The van der Waals surface area contributed by atoms with Crippen molar-refractivity contribution < 1.29 is 0 Å². The molecule has 2 unspecified atom stereocenters.